The first-order valence-electron chi connectivity index (χ1n) is 10.7. The van der Waals surface area contributed by atoms with Crippen LogP contribution in [0.4, 0.5) is 11.4 Å². The van der Waals surface area contributed by atoms with E-state index in [2.05, 4.69) is 94.7 Å². The summed E-state index contributed by atoms with van der Waals surface area (Å²) in [4.78, 5) is 0. The number of rotatable bonds is 3. The van der Waals surface area contributed by atoms with E-state index in [0.717, 1.165) is 12.2 Å². The van der Waals surface area contributed by atoms with E-state index in [9.17, 15) is 0 Å². The standard InChI is InChI=1S/C26H34N2O/c1-8-29-19-10-12-23-21(14-19)26(7,16-25(5,6)28-23)18-9-11-22-20(13-18)17(2)15-24(3,4)27-22/h9-15,27-28H,8,16H2,1-7H3/t26-/m0/s1. The molecule has 0 aliphatic carbocycles. The van der Waals surface area contributed by atoms with Crippen molar-refractivity contribution in [3.05, 3.63) is 59.2 Å². The number of hydrogen-bond acceptors (Lipinski definition) is 3. The van der Waals surface area contributed by atoms with Crippen LogP contribution >= 0.6 is 0 Å². The Kier molecular flexibility index (Phi) is 4.49. The zero-order valence-electron chi connectivity index (χ0n) is 18.9. The van der Waals surface area contributed by atoms with Gasteiger partial charge in [-0.3, -0.25) is 0 Å². The van der Waals surface area contributed by atoms with E-state index < -0.39 is 0 Å². The van der Waals surface area contributed by atoms with Crippen LogP contribution in [0, 0.1) is 0 Å². The van der Waals surface area contributed by atoms with E-state index >= 15 is 0 Å². The number of allylic oxidation sites excluding steroid dienone is 1. The Bertz CT molecular complexity index is 986. The third-order valence-corrected chi connectivity index (χ3v) is 6.28. The van der Waals surface area contributed by atoms with Crippen molar-refractivity contribution in [2.24, 2.45) is 0 Å². The SMILES string of the molecule is CCOc1ccc2c(c1)[C@](C)(c1ccc3c(c1)C(C)=CC(C)(C)N3)CC(C)(C)N2. The highest BCUT2D eigenvalue weighted by atomic mass is 16.5. The molecule has 1 atom stereocenters. The van der Waals surface area contributed by atoms with Gasteiger partial charge in [0.1, 0.15) is 5.75 Å². The highest BCUT2D eigenvalue weighted by Gasteiger charge is 2.42. The van der Waals surface area contributed by atoms with Gasteiger partial charge in [-0.05, 0) is 95.0 Å². The smallest absolute Gasteiger partial charge is 0.119 e. The summed E-state index contributed by atoms with van der Waals surface area (Å²) >= 11 is 0. The second-order valence-electron chi connectivity index (χ2n) is 10.1. The molecule has 2 heterocycles. The first kappa shape index (κ1) is 19.9. The Hall–Kier alpha value is -2.42. The molecule has 2 aromatic carbocycles. The summed E-state index contributed by atoms with van der Waals surface area (Å²) in [5.41, 5.74) is 7.64. The molecule has 0 spiro atoms. The van der Waals surface area contributed by atoms with Crippen LogP contribution in [0.1, 0.15) is 71.6 Å². The minimum atomic E-state index is -0.0977. The lowest BCUT2D eigenvalue weighted by Crippen LogP contribution is -2.45. The minimum Gasteiger partial charge on any atom is -0.494 e. The van der Waals surface area contributed by atoms with Gasteiger partial charge in [-0.1, -0.05) is 19.1 Å². The summed E-state index contributed by atoms with van der Waals surface area (Å²) in [5.74, 6) is 0.941. The molecule has 0 saturated carbocycles. The number of fused-ring (bicyclic) bond motifs is 2. The third-order valence-electron chi connectivity index (χ3n) is 6.28. The topological polar surface area (TPSA) is 33.3 Å². The van der Waals surface area contributed by atoms with Crippen molar-refractivity contribution in [1.82, 2.24) is 0 Å². The van der Waals surface area contributed by atoms with Crippen molar-refractivity contribution in [1.29, 1.82) is 0 Å². The number of benzene rings is 2. The predicted octanol–water partition coefficient (Wildman–Crippen LogP) is 6.59. The van der Waals surface area contributed by atoms with Crippen LogP contribution in [0.15, 0.2) is 42.5 Å². The molecule has 29 heavy (non-hydrogen) atoms. The molecule has 2 aliphatic heterocycles. The highest BCUT2D eigenvalue weighted by molar-refractivity contribution is 5.81. The zero-order chi connectivity index (χ0) is 21.0. The number of nitrogens with one attached hydrogen (secondary N) is 2. The molecule has 0 amide bonds. The van der Waals surface area contributed by atoms with Gasteiger partial charge in [-0.15, -0.1) is 0 Å². The van der Waals surface area contributed by atoms with Crippen LogP contribution in [0.5, 0.6) is 5.75 Å². The maximum atomic E-state index is 5.84. The monoisotopic (exact) mass is 390 g/mol. The van der Waals surface area contributed by atoms with Crippen molar-refractivity contribution < 1.29 is 4.74 Å². The van der Waals surface area contributed by atoms with Crippen LogP contribution in [0.3, 0.4) is 0 Å². The van der Waals surface area contributed by atoms with Crippen LogP contribution in [0.25, 0.3) is 5.57 Å². The average Bonchev–Trinajstić information content (AvgIpc) is 2.60. The Morgan fingerprint density at radius 2 is 1.66 bits per heavy atom. The van der Waals surface area contributed by atoms with Gasteiger partial charge in [0.05, 0.1) is 12.1 Å². The number of hydrogen-bond donors (Lipinski definition) is 2. The molecule has 0 saturated heterocycles. The highest BCUT2D eigenvalue weighted by Crippen LogP contribution is 2.49. The minimum absolute atomic E-state index is 0.00983. The predicted molar refractivity (Wildman–Crippen MR) is 124 cm³/mol. The molecule has 4 rings (SSSR count). The largest absolute Gasteiger partial charge is 0.494 e. The van der Waals surface area contributed by atoms with Crippen molar-refractivity contribution in [2.45, 2.75) is 71.4 Å². The second kappa shape index (κ2) is 6.55. The van der Waals surface area contributed by atoms with Crippen LogP contribution in [0.2, 0.25) is 0 Å². The maximum absolute atomic E-state index is 5.84. The van der Waals surface area contributed by atoms with Crippen molar-refractivity contribution in [2.75, 3.05) is 17.2 Å². The van der Waals surface area contributed by atoms with E-state index in [-0.39, 0.29) is 16.5 Å². The molecule has 0 radical (unpaired) electrons. The van der Waals surface area contributed by atoms with E-state index in [1.54, 1.807) is 0 Å². The van der Waals surface area contributed by atoms with Gasteiger partial charge >= 0.3 is 0 Å². The summed E-state index contributed by atoms with van der Waals surface area (Å²) in [6, 6.07) is 13.4. The van der Waals surface area contributed by atoms with E-state index in [1.165, 1.54) is 33.6 Å². The van der Waals surface area contributed by atoms with Crippen LogP contribution in [-0.4, -0.2) is 17.7 Å². The first-order valence-corrected chi connectivity index (χ1v) is 10.7. The first-order chi connectivity index (χ1) is 13.5. The fraction of sp³-hybridized carbons (Fsp3) is 0.462. The summed E-state index contributed by atoms with van der Waals surface area (Å²) in [6.07, 6.45) is 3.35. The molecule has 0 unspecified atom stereocenters. The number of anilines is 2. The van der Waals surface area contributed by atoms with Gasteiger partial charge < -0.3 is 15.4 Å². The van der Waals surface area contributed by atoms with E-state index in [1.807, 2.05) is 6.92 Å². The van der Waals surface area contributed by atoms with E-state index in [0.29, 0.717) is 6.61 Å². The Morgan fingerprint density at radius 1 is 0.931 bits per heavy atom. The summed E-state index contributed by atoms with van der Waals surface area (Å²) < 4.78 is 5.84. The van der Waals surface area contributed by atoms with Gasteiger partial charge in [0.2, 0.25) is 0 Å². The summed E-state index contributed by atoms with van der Waals surface area (Å²) in [5, 5.41) is 7.39. The normalized spacial score (nSPS) is 23.8. The van der Waals surface area contributed by atoms with Crippen molar-refractivity contribution >= 4 is 16.9 Å². The maximum Gasteiger partial charge on any atom is 0.119 e. The zero-order valence-corrected chi connectivity index (χ0v) is 18.9. The molecule has 2 aliphatic rings. The molecule has 2 aromatic rings. The lowest BCUT2D eigenvalue weighted by molar-refractivity contribution is 0.335. The van der Waals surface area contributed by atoms with Gasteiger partial charge in [-0.2, -0.15) is 0 Å². The number of ether oxygens (including phenoxy) is 1. The summed E-state index contributed by atoms with van der Waals surface area (Å²) in [7, 11) is 0. The molecular formula is C26H34N2O. The fourth-order valence-corrected chi connectivity index (χ4v) is 5.32. The quantitative estimate of drug-likeness (QED) is 0.620. The van der Waals surface area contributed by atoms with Crippen LogP contribution < -0.4 is 15.4 Å². The Balaban J connectivity index is 1.86. The van der Waals surface area contributed by atoms with Gasteiger partial charge in [0, 0.05) is 27.9 Å². The van der Waals surface area contributed by atoms with Gasteiger partial charge in [0.15, 0.2) is 0 Å². The molecule has 2 N–H and O–H groups in total. The Labute approximate surface area is 175 Å². The fourth-order valence-electron chi connectivity index (χ4n) is 5.32. The molecular weight excluding hydrogens is 356 g/mol. The van der Waals surface area contributed by atoms with E-state index in [4.69, 9.17) is 4.74 Å². The van der Waals surface area contributed by atoms with Crippen LogP contribution in [-0.2, 0) is 5.41 Å². The van der Waals surface area contributed by atoms with Crippen molar-refractivity contribution in [3.8, 4) is 5.75 Å². The van der Waals surface area contributed by atoms with Gasteiger partial charge in [0.25, 0.3) is 0 Å². The molecule has 3 heteroatoms. The lowest BCUT2D eigenvalue weighted by atomic mass is 9.65. The molecule has 0 aromatic heterocycles. The Morgan fingerprint density at radius 3 is 2.38 bits per heavy atom. The average molecular weight is 391 g/mol. The van der Waals surface area contributed by atoms with Gasteiger partial charge in [-0.25, -0.2) is 0 Å². The molecule has 0 fully saturated rings. The second-order valence-corrected chi connectivity index (χ2v) is 10.1. The summed E-state index contributed by atoms with van der Waals surface area (Å²) in [6.45, 7) is 16.3. The molecule has 154 valence electrons. The molecule has 3 nitrogen and oxygen atoms in total. The lowest BCUT2D eigenvalue weighted by Gasteiger charge is -2.46. The molecule has 0 bridgehead atoms. The van der Waals surface area contributed by atoms with Crippen molar-refractivity contribution in [3.63, 3.8) is 0 Å². The third kappa shape index (κ3) is 3.52.